The molecule has 1 rings (SSSR count). The van der Waals surface area contributed by atoms with Crippen molar-refractivity contribution < 1.29 is 22.0 Å². The summed E-state index contributed by atoms with van der Waals surface area (Å²) in [5.41, 5.74) is -0.980. The molecule has 0 bridgehead atoms. The molecule has 0 spiro atoms. The van der Waals surface area contributed by atoms with Crippen molar-refractivity contribution in [2.45, 2.75) is 25.6 Å². The molecule has 16 heavy (non-hydrogen) atoms. The molecule has 0 saturated carbocycles. The molecule has 0 aromatic heterocycles. The van der Waals surface area contributed by atoms with Crippen molar-refractivity contribution in [1.29, 1.82) is 0 Å². The fourth-order valence-corrected chi connectivity index (χ4v) is 1.28. The summed E-state index contributed by atoms with van der Waals surface area (Å²) in [6, 6.07) is 0. The molecular weight excluding hydrogens is 226 g/mol. The van der Waals surface area contributed by atoms with E-state index in [1.165, 1.54) is 13.8 Å². The third-order valence-corrected chi connectivity index (χ3v) is 2.52. The van der Waals surface area contributed by atoms with Gasteiger partial charge in [0.05, 0.1) is 7.85 Å². The van der Waals surface area contributed by atoms with Crippen LogP contribution >= 0.6 is 0 Å². The molecule has 0 nitrogen and oxygen atoms in total. The fourth-order valence-electron chi connectivity index (χ4n) is 1.28. The zero-order chi connectivity index (χ0) is 12.7. The minimum Gasteiger partial charge on any atom is -0.203 e. The van der Waals surface area contributed by atoms with E-state index in [0.29, 0.717) is 0 Å². The van der Waals surface area contributed by atoms with Crippen molar-refractivity contribution in [2.75, 3.05) is 0 Å². The van der Waals surface area contributed by atoms with Crippen LogP contribution in [0.4, 0.5) is 22.0 Å². The first-order valence-electron chi connectivity index (χ1n) is 4.54. The van der Waals surface area contributed by atoms with Crippen molar-refractivity contribution >= 4 is 7.85 Å². The van der Waals surface area contributed by atoms with Gasteiger partial charge in [-0.05, 0) is 5.31 Å². The predicted octanol–water partition coefficient (Wildman–Crippen LogP) is 3.18. The summed E-state index contributed by atoms with van der Waals surface area (Å²) in [7, 11) is 5.49. The molecule has 0 fully saturated rings. The van der Waals surface area contributed by atoms with E-state index in [9.17, 15) is 22.0 Å². The molecule has 0 saturated heterocycles. The zero-order valence-corrected chi connectivity index (χ0v) is 8.67. The maximum absolute atomic E-state index is 13.3. The zero-order valence-electron chi connectivity index (χ0n) is 8.67. The molecule has 2 radical (unpaired) electrons. The van der Waals surface area contributed by atoms with Crippen LogP contribution in [0.25, 0.3) is 0 Å². The summed E-state index contributed by atoms with van der Waals surface area (Å²) >= 11 is 0. The highest BCUT2D eigenvalue weighted by Gasteiger charge is 2.33. The van der Waals surface area contributed by atoms with E-state index in [0.717, 1.165) is 0 Å². The van der Waals surface area contributed by atoms with E-state index in [-0.39, 0.29) is 6.42 Å². The van der Waals surface area contributed by atoms with E-state index < -0.39 is 40.0 Å². The van der Waals surface area contributed by atoms with Gasteiger partial charge in [0.15, 0.2) is 23.3 Å². The van der Waals surface area contributed by atoms with Crippen molar-refractivity contribution in [2.24, 2.45) is 0 Å². The highest BCUT2D eigenvalue weighted by atomic mass is 19.2. The molecule has 0 aliphatic carbocycles. The summed E-state index contributed by atoms with van der Waals surface area (Å²) in [5.74, 6) is -9.87. The lowest BCUT2D eigenvalue weighted by Gasteiger charge is -2.25. The minimum atomic E-state index is -2.18. The lowest BCUT2D eigenvalue weighted by molar-refractivity contribution is 0.359. The number of benzene rings is 1. The number of hydrogen-bond donors (Lipinski definition) is 0. The Hall–Kier alpha value is -1.07. The first-order valence-corrected chi connectivity index (χ1v) is 4.54. The van der Waals surface area contributed by atoms with Crippen LogP contribution in [0, 0.1) is 29.1 Å². The Balaban J connectivity index is 3.65. The van der Waals surface area contributed by atoms with Crippen LogP contribution in [0.15, 0.2) is 0 Å². The minimum absolute atomic E-state index is 0.0331. The molecule has 0 heterocycles. The van der Waals surface area contributed by atoms with Crippen LogP contribution in [-0.2, 0) is 5.31 Å². The SMILES string of the molecule is [B][C@@](C)(CC)c1c(F)c(F)c(F)c(F)c1F. The molecule has 1 aromatic carbocycles. The Labute approximate surface area is 90.9 Å². The van der Waals surface area contributed by atoms with Crippen LogP contribution in [0.3, 0.4) is 0 Å². The number of halogens is 5. The molecule has 0 N–H and O–H groups in total. The number of rotatable bonds is 2. The fraction of sp³-hybridized carbons (Fsp3) is 0.400. The molecule has 86 valence electrons. The van der Waals surface area contributed by atoms with Gasteiger partial charge in [0.25, 0.3) is 0 Å². The second kappa shape index (κ2) is 4.07. The van der Waals surface area contributed by atoms with Gasteiger partial charge >= 0.3 is 0 Å². The highest BCUT2D eigenvalue weighted by Crippen LogP contribution is 2.32. The van der Waals surface area contributed by atoms with Gasteiger partial charge in [-0.25, -0.2) is 22.0 Å². The molecule has 1 aromatic rings. The summed E-state index contributed by atoms with van der Waals surface area (Å²) < 4.78 is 65.0. The standard InChI is InChI=1S/C10H8BF5/c1-3-10(2,11)4-5(12)7(14)9(16)8(15)6(4)13/h3H2,1-2H3/t10-/m0/s1. The van der Waals surface area contributed by atoms with E-state index in [4.69, 9.17) is 7.85 Å². The van der Waals surface area contributed by atoms with Gasteiger partial charge in [0.1, 0.15) is 0 Å². The molecule has 0 aliphatic rings. The normalized spacial score (nSPS) is 14.9. The highest BCUT2D eigenvalue weighted by molar-refractivity contribution is 6.15. The maximum atomic E-state index is 13.3. The maximum Gasteiger partial charge on any atom is 0.200 e. The van der Waals surface area contributed by atoms with E-state index >= 15 is 0 Å². The Bertz CT molecular complexity index is 399. The number of hydrogen-bond acceptors (Lipinski definition) is 0. The van der Waals surface area contributed by atoms with Crippen LogP contribution in [0.5, 0.6) is 0 Å². The van der Waals surface area contributed by atoms with Crippen molar-refractivity contribution in [3.63, 3.8) is 0 Å². The first-order chi connectivity index (χ1) is 7.24. The van der Waals surface area contributed by atoms with Gasteiger partial charge in [-0.2, -0.15) is 0 Å². The summed E-state index contributed by atoms with van der Waals surface area (Å²) in [4.78, 5) is 0. The van der Waals surface area contributed by atoms with Crippen molar-refractivity contribution in [3.8, 4) is 0 Å². The van der Waals surface area contributed by atoms with E-state index in [1.54, 1.807) is 0 Å². The molecular formula is C10H8BF5. The van der Waals surface area contributed by atoms with Gasteiger partial charge in [-0.1, -0.05) is 20.3 Å². The second-order valence-electron chi connectivity index (χ2n) is 3.72. The van der Waals surface area contributed by atoms with Gasteiger partial charge in [0, 0.05) is 5.56 Å². The molecule has 0 amide bonds. The molecule has 0 unspecified atom stereocenters. The average Bonchev–Trinajstić information content (AvgIpc) is 2.23. The van der Waals surface area contributed by atoms with Crippen LogP contribution in [-0.4, -0.2) is 7.85 Å². The Morgan fingerprint density at radius 2 is 1.19 bits per heavy atom. The predicted molar refractivity (Wildman–Crippen MR) is 49.6 cm³/mol. The summed E-state index contributed by atoms with van der Waals surface area (Å²) in [5, 5.41) is -1.61. The van der Waals surface area contributed by atoms with Crippen molar-refractivity contribution in [3.05, 3.63) is 34.6 Å². The third-order valence-electron chi connectivity index (χ3n) is 2.52. The molecule has 6 heteroatoms. The van der Waals surface area contributed by atoms with Crippen LogP contribution < -0.4 is 0 Å². The van der Waals surface area contributed by atoms with Crippen LogP contribution in [0.2, 0.25) is 0 Å². The van der Waals surface area contributed by atoms with Gasteiger partial charge in [-0.3, -0.25) is 0 Å². The van der Waals surface area contributed by atoms with Crippen LogP contribution in [0.1, 0.15) is 25.8 Å². The monoisotopic (exact) mass is 234 g/mol. The van der Waals surface area contributed by atoms with Gasteiger partial charge in [0.2, 0.25) is 5.82 Å². The lowest BCUT2D eigenvalue weighted by Crippen LogP contribution is -2.26. The third kappa shape index (κ3) is 1.81. The Morgan fingerprint density at radius 3 is 1.50 bits per heavy atom. The molecule has 1 atom stereocenters. The lowest BCUT2D eigenvalue weighted by atomic mass is 9.63. The topological polar surface area (TPSA) is 0 Å². The second-order valence-corrected chi connectivity index (χ2v) is 3.72. The van der Waals surface area contributed by atoms with E-state index in [1.807, 2.05) is 0 Å². The van der Waals surface area contributed by atoms with E-state index in [2.05, 4.69) is 0 Å². The average molecular weight is 234 g/mol. The molecule has 0 aliphatic heterocycles. The van der Waals surface area contributed by atoms with Crippen molar-refractivity contribution in [1.82, 2.24) is 0 Å². The summed E-state index contributed by atoms with van der Waals surface area (Å²) in [6.45, 7) is 2.68. The van der Waals surface area contributed by atoms with Gasteiger partial charge < -0.3 is 0 Å². The quantitative estimate of drug-likeness (QED) is 0.319. The summed E-state index contributed by atoms with van der Waals surface area (Å²) in [6.07, 6.45) is 0.0331. The largest absolute Gasteiger partial charge is 0.203 e. The van der Waals surface area contributed by atoms with Gasteiger partial charge in [-0.15, -0.1) is 0 Å². The smallest absolute Gasteiger partial charge is 0.200 e. The first kappa shape index (κ1) is 13.0. The Morgan fingerprint density at radius 1 is 0.875 bits per heavy atom. The Kier molecular flexibility index (Phi) is 3.31.